The highest BCUT2D eigenvalue weighted by atomic mass is 16.5. The van der Waals surface area contributed by atoms with Gasteiger partial charge >= 0.3 is 0 Å². The summed E-state index contributed by atoms with van der Waals surface area (Å²) in [6, 6.07) is 15.4. The van der Waals surface area contributed by atoms with E-state index in [1.54, 1.807) is 6.20 Å². The third-order valence-corrected chi connectivity index (χ3v) is 3.62. The van der Waals surface area contributed by atoms with Crippen LogP contribution in [0, 0.1) is 13.8 Å². The molecule has 0 fully saturated rings. The van der Waals surface area contributed by atoms with E-state index in [4.69, 9.17) is 4.74 Å². The van der Waals surface area contributed by atoms with Crippen molar-refractivity contribution in [2.45, 2.75) is 13.8 Å². The number of aryl methyl sites for hydroxylation is 2. The molecule has 1 N–H and O–H groups in total. The Kier molecular flexibility index (Phi) is 4.24. The first-order chi connectivity index (χ1) is 11.1. The summed E-state index contributed by atoms with van der Waals surface area (Å²) in [5, 5.41) is 3.80. The van der Waals surface area contributed by atoms with Crippen LogP contribution in [0.3, 0.4) is 0 Å². The smallest absolute Gasteiger partial charge is 0.262 e. The number of hydrogen-bond acceptors (Lipinski definition) is 3. The number of pyridine rings is 1. The molecule has 0 saturated carbocycles. The van der Waals surface area contributed by atoms with Crippen LogP contribution in [0.1, 0.15) is 11.1 Å². The predicted molar refractivity (Wildman–Crippen MR) is 91.8 cm³/mol. The molecular weight excluding hydrogens is 288 g/mol. The number of carbonyl (C=O) groups excluding carboxylic acids is 1. The molecule has 1 heterocycles. The van der Waals surface area contributed by atoms with Crippen molar-refractivity contribution in [3.63, 3.8) is 0 Å². The number of ether oxygens (including phenoxy) is 1. The molecule has 1 aromatic heterocycles. The van der Waals surface area contributed by atoms with Gasteiger partial charge in [-0.05, 0) is 55.3 Å². The first-order valence-corrected chi connectivity index (χ1v) is 7.47. The Hall–Kier alpha value is -2.88. The topological polar surface area (TPSA) is 51.2 Å². The lowest BCUT2D eigenvalue weighted by molar-refractivity contribution is -0.118. The molecular formula is C19H18N2O2. The lowest BCUT2D eigenvalue weighted by Crippen LogP contribution is -2.20. The van der Waals surface area contributed by atoms with Crippen LogP contribution < -0.4 is 10.1 Å². The average molecular weight is 306 g/mol. The summed E-state index contributed by atoms with van der Waals surface area (Å²) < 4.78 is 5.64. The van der Waals surface area contributed by atoms with Crippen LogP contribution in [-0.4, -0.2) is 17.5 Å². The second-order valence-electron chi connectivity index (χ2n) is 5.48. The average Bonchev–Trinajstić information content (AvgIpc) is 2.56. The summed E-state index contributed by atoms with van der Waals surface area (Å²) in [7, 11) is 0. The fourth-order valence-corrected chi connectivity index (χ4v) is 2.40. The SMILES string of the molecule is Cc1ccc(C)c(OCC(=O)Nc2cccc3ncccc23)c1. The molecule has 3 rings (SSSR count). The summed E-state index contributed by atoms with van der Waals surface area (Å²) in [5.41, 5.74) is 3.70. The molecule has 23 heavy (non-hydrogen) atoms. The number of anilines is 1. The van der Waals surface area contributed by atoms with Gasteiger partial charge in [0.2, 0.25) is 0 Å². The second kappa shape index (κ2) is 6.48. The Morgan fingerprint density at radius 2 is 2.00 bits per heavy atom. The molecule has 0 bridgehead atoms. The minimum Gasteiger partial charge on any atom is -0.483 e. The lowest BCUT2D eigenvalue weighted by Gasteiger charge is -2.11. The zero-order valence-electron chi connectivity index (χ0n) is 13.2. The lowest BCUT2D eigenvalue weighted by atomic mass is 10.1. The predicted octanol–water partition coefficient (Wildman–Crippen LogP) is 3.87. The number of benzene rings is 2. The number of aromatic nitrogens is 1. The number of fused-ring (bicyclic) bond motifs is 1. The molecule has 0 saturated heterocycles. The van der Waals surface area contributed by atoms with E-state index in [9.17, 15) is 4.79 Å². The van der Waals surface area contributed by atoms with Crippen molar-refractivity contribution >= 4 is 22.5 Å². The Morgan fingerprint density at radius 1 is 1.13 bits per heavy atom. The van der Waals surface area contributed by atoms with Gasteiger partial charge in [0.25, 0.3) is 5.91 Å². The summed E-state index contributed by atoms with van der Waals surface area (Å²) in [6.45, 7) is 3.93. The molecule has 0 aliphatic heterocycles. The second-order valence-corrected chi connectivity index (χ2v) is 5.48. The zero-order valence-corrected chi connectivity index (χ0v) is 13.2. The number of amides is 1. The van der Waals surface area contributed by atoms with E-state index in [2.05, 4.69) is 10.3 Å². The molecule has 4 nitrogen and oxygen atoms in total. The summed E-state index contributed by atoms with van der Waals surface area (Å²) in [4.78, 5) is 16.5. The van der Waals surface area contributed by atoms with E-state index < -0.39 is 0 Å². The first-order valence-electron chi connectivity index (χ1n) is 7.47. The Bertz CT molecular complexity index is 854. The maximum absolute atomic E-state index is 12.2. The normalized spacial score (nSPS) is 10.5. The van der Waals surface area contributed by atoms with Crippen molar-refractivity contribution < 1.29 is 9.53 Å². The molecule has 0 spiro atoms. The highest BCUT2D eigenvalue weighted by Gasteiger charge is 2.08. The van der Waals surface area contributed by atoms with Gasteiger partial charge in [0.1, 0.15) is 5.75 Å². The first kappa shape index (κ1) is 15.0. The molecule has 0 atom stereocenters. The van der Waals surface area contributed by atoms with Gasteiger partial charge in [-0.2, -0.15) is 0 Å². The van der Waals surface area contributed by atoms with Crippen LogP contribution in [0.25, 0.3) is 10.9 Å². The van der Waals surface area contributed by atoms with Crippen molar-refractivity contribution in [2.75, 3.05) is 11.9 Å². The Balaban J connectivity index is 1.70. The maximum atomic E-state index is 12.2. The minimum absolute atomic E-state index is 0.0268. The van der Waals surface area contributed by atoms with Gasteiger partial charge in [-0.3, -0.25) is 9.78 Å². The van der Waals surface area contributed by atoms with Crippen molar-refractivity contribution in [3.8, 4) is 5.75 Å². The zero-order chi connectivity index (χ0) is 16.2. The van der Waals surface area contributed by atoms with Crippen molar-refractivity contribution in [1.82, 2.24) is 4.98 Å². The van der Waals surface area contributed by atoms with Gasteiger partial charge < -0.3 is 10.1 Å². The molecule has 0 aliphatic rings. The van der Waals surface area contributed by atoms with Gasteiger partial charge in [0, 0.05) is 11.6 Å². The van der Waals surface area contributed by atoms with E-state index >= 15 is 0 Å². The molecule has 116 valence electrons. The number of nitrogens with one attached hydrogen (secondary N) is 1. The summed E-state index contributed by atoms with van der Waals surface area (Å²) in [6.07, 6.45) is 1.73. The summed E-state index contributed by atoms with van der Waals surface area (Å²) in [5.74, 6) is 0.544. The van der Waals surface area contributed by atoms with Crippen molar-refractivity contribution in [3.05, 3.63) is 65.9 Å². The summed E-state index contributed by atoms with van der Waals surface area (Å²) >= 11 is 0. The minimum atomic E-state index is -0.192. The van der Waals surface area contributed by atoms with Gasteiger partial charge in [-0.15, -0.1) is 0 Å². The standard InChI is InChI=1S/C19H18N2O2/c1-13-8-9-14(2)18(11-13)23-12-19(22)21-17-7-3-6-16-15(17)5-4-10-20-16/h3-11H,12H2,1-2H3,(H,21,22). The van der Waals surface area contributed by atoms with E-state index in [-0.39, 0.29) is 12.5 Å². The molecule has 4 heteroatoms. The fraction of sp³-hybridized carbons (Fsp3) is 0.158. The van der Waals surface area contributed by atoms with Crippen LogP contribution in [0.4, 0.5) is 5.69 Å². The van der Waals surface area contributed by atoms with E-state index in [1.165, 1.54) is 0 Å². The molecule has 0 radical (unpaired) electrons. The van der Waals surface area contributed by atoms with Crippen LogP contribution in [-0.2, 0) is 4.79 Å². The monoisotopic (exact) mass is 306 g/mol. The third kappa shape index (κ3) is 3.48. The highest BCUT2D eigenvalue weighted by molar-refractivity contribution is 6.01. The van der Waals surface area contributed by atoms with Crippen LogP contribution >= 0.6 is 0 Å². The number of carbonyl (C=O) groups is 1. The number of nitrogens with zero attached hydrogens (tertiary/aromatic N) is 1. The van der Waals surface area contributed by atoms with E-state index in [1.807, 2.05) is 62.4 Å². The molecule has 2 aromatic carbocycles. The van der Waals surface area contributed by atoms with E-state index in [0.717, 1.165) is 33.5 Å². The molecule has 1 amide bonds. The number of hydrogen-bond donors (Lipinski definition) is 1. The van der Waals surface area contributed by atoms with Gasteiger partial charge in [0.05, 0.1) is 11.2 Å². The van der Waals surface area contributed by atoms with Crippen LogP contribution in [0.2, 0.25) is 0 Å². The van der Waals surface area contributed by atoms with Crippen molar-refractivity contribution in [2.24, 2.45) is 0 Å². The van der Waals surface area contributed by atoms with Crippen LogP contribution in [0.5, 0.6) is 5.75 Å². The van der Waals surface area contributed by atoms with Crippen molar-refractivity contribution in [1.29, 1.82) is 0 Å². The molecule has 3 aromatic rings. The largest absolute Gasteiger partial charge is 0.483 e. The number of rotatable bonds is 4. The van der Waals surface area contributed by atoms with Gasteiger partial charge in [-0.25, -0.2) is 0 Å². The maximum Gasteiger partial charge on any atom is 0.262 e. The van der Waals surface area contributed by atoms with Gasteiger partial charge in [0.15, 0.2) is 6.61 Å². The quantitative estimate of drug-likeness (QED) is 0.796. The molecule has 0 unspecified atom stereocenters. The Labute approximate surface area is 135 Å². The third-order valence-electron chi connectivity index (χ3n) is 3.62. The van der Waals surface area contributed by atoms with Crippen LogP contribution in [0.15, 0.2) is 54.7 Å². The Morgan fingerprint density at radius 3 is 2.87 bits per heavy atom. The molecule has 0 aliphatic carbocycles. The van der Waals surface area contributed by atoms with Gasteiger partial charge in [-0.1, -0.05) is 18.2 Å². The fourth-order valence-electron chi connectivity index (χ4n) is 2.40. The highest BCUT2D eigenvalue weighted by Crippen LogP contribution is 2.22. The van der Waals surface area contributed by atoms with E-state index in [0.29, 0.717) is 0 Å².